The van der Waals surface area contributed by atoms with E-state index in [1.165, 1.54) is 12.1 Å². The normalized spacial score (nSPS) is 20.9. The maximum atomic E-state index is 12.9. The van der Waals surface area contributed by atoms with E-state index in [0.717, 1.165) is 22.4 Å². The number of ether oxygens (including phenoxy) is 1. The summed E-state index contributed by atoms with van der Waals surface area (Å²) in [6.07, 6.45) is -3.45. The third kappa shape index (κ3) is 6.19. The van der Waals surface area contributed by atoms with Crippen LogP contribution in [0.4, 0.5) is 18.9 Å². The van der Waals surface area contributed by atoms with Gasteiger partial charge in [0.15, 0.2) is 10.7 Å². The molecule has 3 atom stereocenters. The topological polar surface area (TPSA) is 84.5 Å². The lowest BCUT2D eigenvalue weighted by molar-refractivity contribution is -0.274. The van der Waals surface area contributed by atoms with E-state index < -0.39 is 22.5 Å². The maximum absolute atomic E-state index is 12.9. The Kier molecular flexibility index (Phi) is 7.26. The summed E-state index contributed by atoms with van der Waals surface area (Å²) in [7, 11) is -2.54. The van der Waals surface area contributed by atoms with E-state index in [2.05, 4.69) is 15.4 Å². The average molecular weight is 485 g/mol. The second kappa shape index (κ2) is 9.62. The molecule has 2 N–H and O–H groups in total. The third-order valence-corrected chi connectivity index (χ3v) is 6.48. The van der Waals surface area contributed by atoms with E-state index in [1.807, 2.05) is 39.0 Å². The molecule has 0 spiro atoms. The molecule has 1 aliphatic rings. The Labute approximate surface area is 192 Å². The Bertz CT molecular complexity index is 1080. The molecule has 3 rings (SSSR count). The van der Waals surface area contributed by atoms with Crippen LogP contribution in [0, 0.1) is 5.92 Å². The van der Waals surface area contributed by atoms with Crippen molar-refractivity contribution in [3.63, 3.8) is 0 Å². The van der Waals surface area contributed by atoms with E-state index in [1.54, 1.807) is 12.1 Å². The zero-order chi connectivity index (χ0) is 24.4. The molecule has 1 amide bonds. The van der Waals surface area contributed by atoms with Gasteiger partial charge < -0.3 is 15.4 Å². The highest BCUT2D eigenvalue weighted by atomic mass is 32.2. The monoisotopic (exact) mass is 484 g/mol. The van der Waals surface area contributed by atoms with E-state index in [0.29, 0.717) is 12.8 Å². The highest BCUT2D eigenvalue weighted by Gasteiger charge is 2.55. The third-order valence-electron chi connectivity index (χ3n) is 6.07. The number of nitrogens with one attached hydrogen (secondary N) is 2. The molecule has 0 heterocycles. The summed E-state index contributed by atoms with van der Waals surface area (Å²) < 4.78 is 62.7. The number of carbonyl (C=O) groups is 1. The number of rotatable bonds is 9. The molecule has 6 nitrogen and oxygen atoms in total. The van der Waals surface area contributed by atoms with Gasteiger partial charge in [0.25, 0.3) is 0 Å². The van der Waals surface area contributed by atoms with Gasteiger partial charge in [-0.3, -0.25) is 4.79 Å². The first-order valence-corrected chi connectivity index (χ1v) is 11.9. The summed E-state index contributed by atoms with van der Waals surface area (Å²) in [5, 5.41) is 5.91. The number of hydrogen-bond acceptors (Lipinski definition) is 5. The molecule has 0 aromatic heterocycles. The summed E-state index contributed by atoms with van der Waals surface area (Å²) in [4.78, 5) is 12.9. The molecule has 10 heteroatoms. The van der Waals surface area contributed by atoms with Crippen molar-refractivity contribution in [2.45, 2.75) is 51.4 Å². The Morgan fingerprint density at radius 1 is 1.21 bits per heavy atom. The fraction of sp³-hybridized carbons (Fsp3) is 0.435. The molecular weight excluding hydrogens is 457 g/mol. The van der Waals surface area contributed by atoms with Crippen LogP contribution in [0.25, 0.3) is 0 Å². The van der Waals surface area contributed by atoms with Crippen molar-refractivity contribution in [2.24, 2.45) is 5.92 Å². The van der Waals surface area contributed by atoms with Gasteiger partial charge in [-0.15, -0.1) is 13.2 Å². The molecule has 1 fully saturated rings. The number of hydrogen-bond donors (Lipinski definition) is 3. The molecule has 180 valence electrons. The molecule has 0 saturated heterocycles. The Hall–Kier alpha value is -2.75. The maximum Gasteiger partial charge on any atom is 0.573 e. The Morgan fingerprint density at radius 2 is 1.88 bits per heavy atom. The number of aryl methyl sites for hydroxylation is 1. The number of carbonyl (C=O) groups excluding carboxylic acids is 1. The van der Waals surface area contributed by atoms with Crippen LogP contribution < -0.4 is 15.4 Å². The highest BCUT2D eigenvalue weighted by molar-refractivity contribution is 7.72. The molecule has 0 bridgehead atoms. The second-order valence-corrected chi connectivity index (χ2v) is 9.40. The predicted octanol–water partition coefficient (Wildman–Crippen LogP) is 4.28. The quantitative estimate of drug-likeness (QED) is 0.463. The molecule has 2 unspecified atom stereocenters. The fourth-order valence-corrected chi connectivity index (χ4v) is 4.30. The van der Waals surface area contributed by atoms with Crippen molar-refractivity contribution in [2.75, 3.05) is 11.2 Å². The zero-order valence-corrected chi connectivity index (χ0v) is 19.4. The first-order valence-electron chi connectivity index (χ1n) is 10.6. The molecule has 1 saturated carbocycles. The minimum absolute atomic E-state index is 0.121. The van der Waals surface area contributed by atoms with Gasteiger partial charge in [-0.1, -0.05) is 38.1 Å². The Balaban J connectivity index is 1.63. The average Bonchev–Trinajstić information content (AvgIpc) is 3.44. The van der Waals surface area contributed by atoms with Crippen molar-refractivity contribution in [3.8, 4) is 5.75 Å². The van der Waals surface area contributed by atoms with Gasteiger partial charge in [-0.2, -0.15) is 0 Å². The lowest BCUT2D eigenvalue weighted by Crippen LogP contribution is -2.30. The standard InChI is InChI=1S/C23H27F3N2O4S/c1-4-15-11-16(5-10-20(15)27-13-33(30)31)14(2)28-21(29)19-12-22(19,3)17-6-8-18(9-7-17)32-23(24,25)26/h5-11,14,19,27,33H,4,12-13H2,1-3H3,(H,28,29)/t14-,19?,22?/m1/s1. The molecule has 0 radical (unpaired) electrons. The predicted molar refractivity (Wildman–Crippen MR) is 120 cm³/mol. The van der Waals surface area contributed by atoms with Crippen molar-refractivity contribution in [1.82, 2.24) is 5.32 Å². The van der Waals surface area contributed by atoms with Gasteiger partial charge >= 0.3 is 6.36 Å². The Morgan fingerprint density at radius 3 is 2.45 bits per heavy atom. The molecular formula is C23H27F3N2O4S. The van der Waals surface area contributed by atoms with Gasteiger partial charge in [0.2, 0.25) is 5.91 Å². The van der Waals surface area contributed by atoms with Crippen LogP contribution in [0.15, 0.2) is 42.5 Å². The highest BCUT2D eigenvalue weighted by Crippen LogP contribution is 2.54. The fourth-order valence-electron chi connectivity index (χ4n) is 4.00. The number of anilines is 1. The van der Waals surface area contributed by atoms with Crippen LogP contribution in [-0.2, 0) is 27.3 Å². The van der Waals surface area contributed by atoms with Crippen molar-refractivity contribution in [1.29, 1.82) is 0 Å². The van der Waals surface area contributed by atoms with Crippen molar-refractivity contribution >= 4 is 22.3 Å². The molecule has 33 heavy (non-hydrogen) atoms. The van der Waals surface area contributed by atoms with Crippen LogP contribution >= 0.6 is 0 Å². The first kappa shape index (κ1) is 24.9. The van der Waals surface area contributed by atoms with E-state index >= 15 is 0 Å². The van der Waals surface area contributed by atoms with Crippen LogP contribution in [0.2, 0.25) is 0 Å². The van der Waals surface area contributed by atoms with Crippen LogP contribution in [-0.4, -0.2) is 26.6 Å². The zero-order valence-electron chi connectivity index (χ0n) is 18.5. The van der Waals surface area contributed by atoms with Crippen LogP contribution in [0.5, 0.6) is 5.75 Å². The molecule has 2 aromatic rings. The van der Waals surface area contributed by atoms with E-state index in [4.69, 9.17) is 0 Å². The molecule has 1 aliphatic carbocycles. The summed E-state index contributed by atoms with van der Waals surface area (Å²) in [5.74, 6) is -0.840. The second-order valence-electron chi connectivity index (χ2n) is 8.41. The van der Waals surface area contributed by atoms with E-state index in [9.17, 15) is 26.4 Å². The summed E-state index contributed by atoms with van der Waals surface area (Å²) in [5.41, 5.74) is 2.92. The SMILES string of the molecule is CCc1cc([C@@H](C)NC(=O)C2CC2(C)c2ccc(OC(F)(F)F)cc2)ccc1NC[SH](=O)=O. The number of alkyl halides is 3. The van der Waals surface area contributed by atoms with Crippen LogP contribution in [0.3, 0.4) is 0 Å². The number of benzene rings is 2. The largest absolute Gasteiger partial charge is 0.573 e. The number of halogens is 3. The summed E-state index contributed by atoms with van der Waals surface area (Å²) in [6.45, 7) is 5.75. The number of thiol groups is 1. The minimum atomic E-state index is -4.75. The lowest BCUT2D eigenvalue weighted by Gasteiger charge is -2.19. The molecule has 2 aromatic carbocycles. The summed E-state index contributed by atoms with van der Waals surface area (Å²) >= 11 is 0. The van der Waals surface area contributed by atoms with Crippen molar-refractivity contribution < 1.29 is 31.1 Å². The van der Waals surface area contributed by atoms with Gasteiger partial charge in [0.1, 0.15) is 11.6 Å². The number of amides is 1. The minimum Gasteiger partial charge on any atom is -0.406 e. The van der Waals surface area contributed by atoms with Gasteiger partial charge in [-0.25, -0.2) is 8.42 Å². The lowest BCUT2D eigenvalue weighted by atomic mass is 9.95. The van der Waals surface area contributed by atoms with E-state index in [-0.39, 0.29) is 29.5 Å². The van der Waals surface area contributed by atoms with Gasteiger partial charge in [-0.05, 0) is 54.7 Å². The van der Waals surface area contributed by atoms with Crippen molar-refractivity contribution in [3.05, 3.63) is 59.2 Å². The first-order chi connectivity index (χ1) is 15.4. The van der Waals surface area contributed by atoms with Gasteiger partial charge in [0.05, 0.1) is 6.04 Å². The summed E-state index contributed by atoms with van der Waals surface area (Å²) in [6, 6.07) is 11.0. The smallest absolute Gasteiger partial charge is 0.406 e. The molecule has 0 aliphatic heterocycles. The van der Waals surface area contributed by atoms with Gasteiger partial charge in [0, 0.05) is 17.0 Å². The van der Waals surface area contributed by atoms with Crippen LogP contribution in [0.1, 0.15) is 49.9 Å².